The molecule has 0 saturated carbocycles. The van der Waals surface area contributed by atoms with Gasteiger partial charge in [-0.25, -0.2) is 0 Å². The van der Waals surface area contributed by atoms with Crippen LogP contribution in [-0.4, -0.2) is 26.7 Å². The standard InChI is InChI=1S/C11H16N2O3.ClH/c1-15-9-3-4-10(16-2)8(5-9)7-13-11(14)6-12;/h3-5H,6-7,12H2,1-2H3,(H,13,14);1H. The summed E-state index contributed by atoms with van der Waals surface area (Å²) < 4.78 is 10.3. The van der Waals surface area contributed by atoms with Crippen molar-refractivity contribution in [3.8, 4) is 11.5 Å². The van der Waals surface area contributed by atoms with Crippen molar-refractivity contribution in [2.24, 2.45) is 5.73 Å². The number of hydrogen-bond acceptors (Lipinski definition) is 4. The number of nitrogens with two attached hydrogens (primary N) is 1. The molecule has 1 rings (SSSR count). The predicted octanol–water partition coefficient (Wildman–Crippen LogP) is 0.700. The van der Waals surface area contributed by atoms with Crippen LogP contribution in [0.3, 0.4) is 0 Å². The maximum atomic E-state index is 11.0. The molecule has 1 aromatic rings. The summed E-state index contributed by atoms with van der Waals surface area (Å²) in [5.41, 5.74) is 6.05. The first-order valence-electron chi connectivity index (χ1n) is 4.89. The number of halogens is 1. The second kappa shape index (κ2) is 7.76. The number of ether oxygens (including phenoxy) is 2. The second-order valence-electron chi connectivity index (χ2n) is 3.16. The van der Waals surface area contributed by atoms with E-state index in [1.54, 1.807) is 26.4 Å². The van der Waals surface area contributed by atoms with Crippen molar-refractivity contribution in [3.63, 3.8) is 0 Å². The van der Waals surface area contributed by atoms with Gasteiger partial charge in [0.15, 0.2) is 0 Å². The van der Waals surface area contributed by atoms with E-state index in [9.17, 15) is 4.79 Å². The van der Waals surface area contributed by atoms with Gasteiger partial charge in [0, 0.05) is 12.1 Å². The number of nitrogens with one attached hydrogen (secondary N) is 1. The van der Waals surface area contributed by atoms with Gasteiger partial charge in [-0.15, -0.1) is 12.4 Å². The first kappa shape index (κ1) is 15.5. The molecule has 0 spiro atoms. The molecule has 0 aromatic heterocycles. The van der Waals surface area contributed by atoms with E-state index in [4.69, 9.17) is 15.2 Å². The Morgan fingerprint density at radius 2 is 2.06 bits per heavy atom. The van der Waals surface area contributed by atoms with E-state index in [1.165, 1.54) is 0 Å². The van der Waals surface area contributed by atoms with Crippen molar-refractivity contribution < 1.29 is 14.3 Å². The van der Waals surface area contributed by atoms with Gasteiger partial charge < -0.3 is 20.5 Å². The largest absolute Gasteiger partial charge is 0.497 e. The molecule has 1 amide bonds. The van der Waals surface area contributed by atoms with Gasteiger partial charge in [0.05, 0.1) is 20.8 Å². The number of hydrogen-bond donors (Lipinski definition) is 2. The molecule has 0 radical (unpaired) electrons. The van der Waals surface area contributed by atoms with Crippen molar-refractivity contribution in [2.75, 3.05) is 20.8 Å². The van der Waals surface area contributed by atoms with Gasteiger partial charge in [-0.1, -0.05) is 0 Å². The van der Waals surface area contributed by atoms with Crippen LogP contribution in [0.2, 0.25) is 0 Å². The summed E-state index contributed by atoms with van der Waals surface area (Å²) in [4.78, 5) is 11.0. The third-order valence-electron chi connectivity index (χ3n) is 2.15. The fraction of sp³-hybridized carbons (Fsp3) is 0.364. The Kier molecular flexibility index (Phi) is 7.09. The third-order valence-corrected chi connectivity index (χ3v) is 2.15. The van der Waals surface area contributed by atoms with E-state index in [2.05, 4.69) is 5.32 Å². The zero-order valence-corrected chi connectivity index (χ0v) is 10.7. The molecule has 1 aromatic carbocycles. The zero-order chi connectivity index (χ0) is 12.0. The van der Waals surface area contributed by atoms with Crippen molar-refractivity contribution in [3.05, 3.63) is 23.8 Å². The lowest BCUT2D eigenvalue weighted by Crippen LogP contribution is -2.29. The van der Waals surface area contributed by atoms with E-state index >= 15 is 0 Å². The van der Waals surface area contributed by atoms with Gasteiger partial charge in [0.1, 0.15) is 11.5 Å². The maximum absolute atomic E-state index is 11.0. The van der Waals surface area contributed by atoms with Crippen LogP contribution in [-0.2, 0) is 11.3 Å². The predicted molar refractivity (Wildman–Crippen MR) is 67.7 cm³/mol. The lowest BCUT2D eigenvalue weighted by atomic mass is 10.2. The van der Waals surface area contributed by atoms with E-state index in [1.807, 2.05) is 6.07 Å². The van der Waals surface area contributed by atoms with Gasteiger partial charge in [-0.05, 0) is 18.2 Å². The fourth-order valence-electron chi connectivity index (χ4n) is 1.29. The van der Waals surface area contributed by atoms with Gasteiger partial charge in [0.2, 0.25) is 5.91 Å². The summed E-state index contributed by atoms with van der Waals surface area (Å²) in [6.45, 7) is 0.350. The number of carbonyl (C=O) groups is 1. The average molecular weight is 261 g/mol. The summed E-state index contributed by atoms with van der Waals surface area (Å²) >= 11 is 0. The molecule has 0 aliphatic carbocycles. The Hall–Kier alpha value is -1.46. The van der Waals surface area contributed by atoms with Crippen LogP contribution in [0, 0.1) is 0 Å². The maximum Gasteiger partial charge on any atom is 0.234 e. The topological polar surface area (TPSA) is 73.6 Å². The van der Waals surface area contributed by atoms with Crippen molar-refractivity contribution in [1.29, 1.82) is 0 Å². The number of rotatable bonds is 5. The zero-order valence-electron chi connectivity index (χ0n) is 9.86. The monoisotopic (exact) mass is 260 g/mol. The van der Waals surface area contributed by atoms with Crippen LogP contribution in [0.15, 0.2) is 18.2 Å². The van der Waals surface area contributed by atoms with E-state index < -0.39 is 0 Å². The second-order valence-corrected chi connectivity index (χ2v) is 3.16. The van der Waals surface area contributed by atoms with E-state index in [-0.39, 0.29) is 24.9 Å². The molecule has 0 atom stereocenters. The van der Waals surface area contributed by atoms with Crippen LogP contribution in [0.4, 0.5) is 0 Å². The Balaban J connectivity index is 0.00000256. The molecule has 0 unspecified atom stereocenters. The first-order chi connectivity index (χ1) is 7.71. The minimum absolute atomic E-state index is 0. The van der Waals surface area contributed by atoms with Crippen molar-refractivity contribution in [2.45, 2.75) is 6.54 Å². The molecular weight excluding hydrogens is 244 g/mol. The molecule has 96 valence electrons. The number of amides is 1. The molecule has 0 fully saturated rings. The van der Waals surface area contributed by atoms with Crippen molar-refractivity contribution >= 4 is 18.3 Å². The van der Waals surface area contributed by atoms with Crippen LogP contribution >= 0.6 is 12.4 Å². The summed E-state index contributed by atoms with van der Waals surface area (Å²) in [6, 6.07) is 5.41. The van der Waals surface area contributed by atoms with Gasteiger partial charge in [0.25, 0.3) is 0 Å². The van der Waals surface area contributed by atoms with Crippen LogP contribution in [0.5, 0.6) is 11.5 Å². The van der Waals surface area contributed by atoms with E-state index in [0.717, 1.165) is 11.3 Å². The summed E-state index contributed by atoms with van der Waals surface area (Å²) in [6.07, 6.45) is 0. The van der Waals surface area contributed by atoms with Crippen molar-refractivity contribution in [1.82, 2.24) is 5.32 Å². The highest BCUT2D eigenvalue weighted by Gasteiger charge is 2.06. The van der Waals surface area contributed by atoms with Crippen LogP contribution in [0.1, 0.15) is 5.56 Å². The van der Waals surface area contributed by atoms with Gasteiger partial charge in [-0.3, -0.25) is 4.79 Å². The smallest absolute Gasteiger partial charge is 0.234 e. The highest BCUT2D eigenvalue weighted by Crippen LogP contribution is 2.23. The van der Waals surface area contributed by atoms with E-state index in [0.29, 0.717) is 12.3 Å². The lowest BCUT2D eigenvalue weighted by molar-refractivity contribution is -0.119. The summed E-state index contributed by atoms with van der Waals surface area (Å²) in [7, 11) is 3.17. The lowest BCUT2D eigenvalue weighted by Gasteiger charge is -2.10. The molecule has 0 aliphatic rings. The van der Waals surface area contributed by atoms with Gasteiger partial charge >= 0.3 is 0 Å². The molecule has 0 aliphatic heterocycles. The molecule has 0 bridgehead atoms. The minimum atomic E-state index is -0.204. The molecule has 0 heterocycles. The number of methoxy groups -OCH3 is 2. The Morgan fingerprint density at radius 1 is 1.35 bits per heavy atom. The normalized spacial score (nSPS) is 9.12. The first-order valence-corrected chi connectivity index (χ1v) is 4.89. The SMILES string of the molecule is COc1ccc(OC)c(CNC(=O)CN)c1.Cl. The summed E-state index contributed by atoms with van der Waals surface area (Å²) in [5, 5.41) is 2.68. The third kappa shape index (κ3) is 4.50. The Morgan fingerprint density at radius 3 is 2.59 bits per heavy atom. The highest BCUT2D eigenvalue weighted by atomic mass is 35.5. The highest BCUT2D eigenvalue weighted by molar-refractivity contribution is 5.85. The molecule has 0 saturated heterocycles. The molecular formula is C11H17ClN2O3. The quantitative estimate of drug-likeness (QED) is 0.817. The average Bonchev–Trinajstić information content (AvgIpc) is 2.35. The Bertz CT molecular complexity index is 372. The molecule has 17 heavy (non-hydrogen) atoms. The van der Waals surface area contributed by atoms with Crippen LogP contribution < -0.4 is 20.5 Å². The van der Waals surface area contributed by atoms with Gasteiger partial charge in [-0.2, -0.15) is 0 Å². The Labute approximate surface area is 107 Å². The molecule has 5 nitrogen and oxygen atoms in total. The summed E-state index contributed by atoms with van der Waals surface area (Å²) in [5.74, 6) is 1.22. The molecule has 6 heteroatoms. The molecule has 3 N–H and O–H groups in total. The minimum Gasteiger partial charge on any atom is -0.497 e. The number of benzene rings is 1. The van der Waals surface area contributed by atoms with Crippen LogP contribution in [0.25, 0.3) is 0 Å². The fourth-order valence-corrected chi connectivity index (χ4v) is 1.29. The number of carbonyl (C=O) groups excluding carboxylic acids is 1.